The third-order valence-corrected chi connectivity index (χ3v) is 3.98. The highest BCUT2D eigenvalue weighted by molar-refractivity contribution is 5.79. The van der Waals surface area contributed by atoms with Gasteiger partial charge in [-0.25, -0.2) is 0 Å². The van der Waals surface area contributed by atoms with Crippen molar-refractivity contribution < 1.29 is 0 Å². The van der Waals surface area contributed by atoms with Gasteiger partial charge in [-0.15, -0.1) is 0 Å². The van der Waals surface area contributed by atoms with Crippen LogP contribution in [0.1, 0.15) is 25.3 Å². The number of rotatable bonds is 2. The van der Waals surface area contributed by atoms with Crippen molar-refractivity contribution in [2.24, 2.45) is 12.8 Å². The number of hydrogen-bond donors (Lipinski definition) is 1. The van der Waals surface area contributed by atoms with Gasteiger partial charge in [-0.1, -0.05) is 6.07 Å². The van der Waals surface area contributed by atoms with Crippen molar-refractivity contribution in [3.63, 3.8) is 0 Å². The minimum absolute atomic E-state index is 0.238. The van der Waals surface area contributed by atoms with E-state index in [2.05, 4.69) is 30.2 Å². The second-order valence-corrected chi connectivity index (χ2v) is 4.99. The zero-order valence-corrected chi connectivity index (χ0v) is 9.77. The smallest absolute Gasteiger partial charge is 0.0679 e. The van der Waals surface area contributed by atoms with E-state index in [1.807, 2.05) is 17.9 Å². The fourth-order valence-corrected chi connectivity index (χ4v) is 2.61. The monoisotopic (exact) mass is 215 g/mol. The summed E-state index contributed by atoms with van der Waals surface area (Å²) in [6.07, 6.45) is 4.36. The summed E-state index contributed by atoms with van der Waals surface area (Å²) in [6, 6.07) is 6.85. The summed E-state index contributed by atoms with van der Waals surface area (Å²) >= 11 is 0. The molecule has 1 aliphatic rings. The molecule has 1 aliphatic carbocycles. The van der Waals surface area contributed by atoms with E-state index in [-0.39, 0.29) is 11.5 Å². The lowest BCUT2D eigenvalue weighted by atomic mass is 9.89. The first-order chi connectivity index (χ1) is 7.63. The van der Waals surface area contributed by atoms with Crippen molar-refractivity contribution in [1.29, 1.82) is 0 Å². The van der Waals surface area contributed by atoms with Crippen LogP contribution in [-0.4, -0.2) is 15.8 Å². The molecule has 1 aromatic heterocycles. The van der Waals surface area contributed by atoms with E-state index in [9.17, 15) is 0 Å². The van der Waals surface area contributed by atoms with Gasteiger partial charge in [0.05, 0.1) is 11.7 Å². The molecule has 1 saturated carbocycles. The number of benzene rings is 1. The normalized spacial score (nSPS) is 19.9. The summed E-state index contributed by atoms with van der Waals surface area (Å²) < 4.78 is 1.91. The average molecular weight is 215 g/mol. The van der Waals surface area contributed by atoms with Crippen molar-refractivity contribution in [2.45, 2.75) is 31.2 Å². The fourth-order valence-electron chi connectivity index (χ4n) is 2.61. The minimum Gasteiger partial charge on any atom is -0.327 e. The lowest BCUT2D eigenvalue weighted by molar-refractivity contribution is 0.557. The maximum absolute atomic E-state index is 6.09. The van der Waals surface area contributed by atoms with Gasteiger partial charge in [0.25, 0.3) is 0 Å². The van der Waals surface area contributed by atoms with Crippen LogP contribution in [0.25, 0.3) is 10.9 Å². The molecule has 1 atom stereocenters. The maximum Gasteiger partial charge on any atom is 0.0679 e. The van der Waals surface area contributed by atoms with E-state index in [0.717, 1.165) is 0 Å². The molecule has 0 saturated heterocycles. The zero-order valence-electron chi connectivity index (χ0n) is 9.77. The lowest BCUT2D eigenvalue weighted by Gasteiger charge is -2.20. The van der Waals surface area contributed by atoms with Gasteiger partial charge in [-0.2, -0.15) is 5.10 Å². The Morgan fingerprint density at radius 1 is 1.44 bits per heavy atom. The third kappa shape index (κ3) is 1.21. The predicted octanol–water partition coefficient (Wildman–Crippen LogP) is 1.95. The Balaban J connectivity index is 2.12. The molecule has 2 N–H and O–H groups in total. The molecule has 1 heterocycles. The Hall–Kier alpha value is -1.35. The fraction of sp³-hybridized carbons (Fsp3) is 0.462. The van der Waals surface area contributed by atoms with Gasteiger partial charge in [-0.3, -0.25) is 4.68 Å². The van der Waals surface area contributed by atoms with Crippen LogP contribution in [-0.2, 0) is 12.5 Å². The molecule has 1 unspecified atom stereocenters. The Labute approximate surface area is 95.2 Å². The number of nitrogens with zero attached hydrogens (tertiary/aromatic N) is 2. The van der Waals surface area contributed by atoms with Crippen molar-refractivity contribution in [3.8, 4) is 0 Å². The summed E-state index contributed by atoms with van der Waals surface area (Å²) in [5, 5.41) is 5.48. The molecular formula is C13H17N3. The van der Waals surface area contributed by atoms with E-state index in [4.69, 9.17) is 5.73 Å². The van der Waals surface area contributed by atoms with Crippen LogP contribution in [0.2, 0.25) is 0 Å². The second kappa shape index (κ2) is 3.08. The Bertz CT molecular complexity index is 535. The zero-order chi connectivity index (χ0) is 11.3. The molecule has 16 heavy (non-hydrogen) atoms. The molecule has 0 bridgehead atoms. The van der Waals surface area contributed by atoms with E-state index < -0.39 is 0 Å². The minimum atomic E-state index is 0.238. The van der Waals surface area contributed by atoms with Gasteiger partial charge in [-0.05, 0) is 37.5 Å². The molecule has 2 aromatic rings. The van der Waals surface area contributed by atoms with Crippen LogP contribution in [0, 0.1) is 0 Å². The molecule has 3 nitrogen and oxygen atoms in total. The summed E-state index contributed by atoms with van der Waals surface area (Å²) in [5.41, 5.74) is 8.90. The predicted molar refractivity (Wildman–Crippen MR) is 65.3 cm³/mol. The van der Waals surface area contributed by atoms with E-state index in [0.29, 0.717) is 0 Å². The molecule has 0 amide bonds. The number of fused-ring (bicyclic) bond motifs is 1. The van der Waals surface area contributed by atoms with Crippen LogP contribution in [0.3, 0.4) is 0 Å². The van der Waals surface area contributed by atoms with Crippen LogP contribution in [0.4, 0.5) is 0 Å². The van der Waals surface area contributed by atoms with Crippen LogP contribution >= 0.6 is 0 Å². The summed E-state index contributed by atoms with van der Waals surface area (Å²) in [7, 11) is 1.97. The summed E-state index contributed by atoms with van der Waals surface area (Å²) in [6.45, 7) is 2.11. The van der Waals surface area contributed by atoms with Gasteiger partial charge >= 0.3 is 0 Å². The van der Waals surface area contributed by atoms with E-state index in [1.54, 1.807) is 0 Å². The molecule has 0 radical (unpaired) electrons. The van der Waals surface area contributed by atoms with Gasteiger partial charge in [0, 0.05) is 23.9 Å². The van der Waals surface area contributed by atoms with Crippen molar-refractivity contribution in [3.05, 3.63) is 30.0 Å². The topological polar surface area (TPSA) is 43.8 Å². The highest BCUT2D eigenvalue weighted by atomic mass is 15.2. The van der Waals surface area contributed by atoms with Crippen LogP contribution in [0.15, 0.2) is 24.4 Å². The van der Waals surface area contributed by atoms with Gasteiger partial charge in [0.2, 0.25) is 0 Å². The first kappa shape index (κ1) is 9.85. The lowest BCUT2D eigenvalue weighted by Crippen LogP contribution is -2.31. The quantitative estimate of drug-likeness (QED) is 0.832. The largest absolute Gasteiger partial charge is 0.327 e. The molecule has 3 heteroatoms. The van der Waals surface area contributed by atoms with Crippen LogP contribution in [0.5, 0.6) is 0 Å². The molecule has 3 rings (SSSR count). The summed E-state index contributed by atoms with van der Waals surface area (Å²) in [5.74, 6) is 0. The Morgan fingerprint density at radius 2 is 2.19 bits per heavy atom. The standard InChI is InChI=1S/C13H17N3/c1-9(14)13(5-6-13)11-3-4-12-10(7-11)8-15-16(12)2/h3-4,7-9H,5-6,14H2,1-2H3. The third-order valence-electron chi connectivity index (χ3n) is 3.98. The first-order valence-corrected chi connectivity index (χ1v) is 5.81. The number of hydrogen-bond acceptors (Lipinski definition) is 2. The highest BCUT2D eigenvalue weighted by Gasteiger charge is 2.47. The molecule has 1 fully saturated rings. The van der Waals surface area contributed by atoms with Gasteiger partial charge in [0.15, 0.2) is 0 Å². The SMILES string of the molecule is CC(N)C1(c2ccc3c(cnn3C)c2)CC1. The van der Waals surface area contributed by atoms with E-state index >= 15 is 0 Å². The van der Waals surface area contributed by atoms with E-state index in [1.165, 1.54) is 29.3 Å². The molecule has 0 aliphatic heterocycles. The maximum atomic E-state index is 6.09. The van der Waals surface area contributed by atoms with Crippen molar-refractivity contribution >= 4 is 10.9 Å². The van der Waals surface area contributed by atoms with Crippen molar-refractivity contribution in [2.75, 3.05) is 0 Å². The van der Waals surface area contributed by atoms with Gasteiger partial charge in [0.1, 0.15) is 0 Å². The van der Waals surface area contributed by atoms with Crippen LogP contribution < -0.4 is 5.73 Å². The molecule has 0 spiro atoms. The number of nitrogens with two attached hydrogens (primary N) is 1. The summed E-state index contributed by atoms with van der Waals surface area (Å²) in [4.78, 5) is 0. The first-order valence-electron chi connectivity index (χ1n) is 5.81. The van der Waals surface area contributed by atoms with Crippen molar-refractivity contribution in [1.82, 2.24) is 9.78 Å². The Kier molecular flexibility index (Phi) is 1.89. The molecule has 84 valence electrons. The Morgan fingerprint density at radius 3 is 2.81 bits per heavy atom. The molecular weight excluding hydrogens is 198 g/mol. The number of aromatic nitrogens is 2. The van der Waals surface area contributed by atoms with Gasteiger partial charge < -0.3 is 5.73 Å². The second-order valence-electron chi connectivity index (χ2n) is 4.99. The highest BCUT2D eigenvalue weighted by Crippen LogP contribution is 2.50. The average Bonchev–Trinajstić information content (AvgIpc) is 3.00. The number of aryl methyl sites for hydroxylation is 1. The molecule has 1 aromatic carbocycles.